The third-order valence-electron chi connectivity index (χ3n) is 3.48. The predicted octanol–water partition coefficient (Wildman–Crippen LogP) is 2.40. The van der Waals surface area contributed by atoms with Gasteiger partial charge in [-0.3, -0.25) is 0 Å². The summed E-state index contributed by atoms with van der Waals surface area (Å²) in [5, 5.41) is 2.22. The van der Waals surface area contributed by atoms with Crippen LogP contribution in [0.3, 0.4) is 0 Å². The first kappa shape index (κ1) is 12.0. The van der Waals surface area contributed by atoms with Crippen LogP contribution in [0.4, 0.5) is 0 Å². The smallest absolute Gasteiger partial charge is 0.127 e. The molecular formula is C16H16O4. The van der Waals surface area contributed by atoms with Crippen molar-refractivity contribution < 1.29 is 18.9 Å². The lowest BCUT2D eigenvalue weighted by Gasteiger charge is -2.10. The number of hydrogen-bond donors (Lipinski definition) is 0. The minimum Gasteiger partial charge on any atom is -0.491 e. The number of fused-ring (bicyclic) bond motifs is 1. The van der Waals surface area contributed by atoms with Crippen molar-refractivity contribution in [3.05, 3.63) is 36.4 Å². The summed E-state index contributed by atoms with van der Waals surface area (Å²) in [5.74, 6) is 1.77. The fourth-order valence-corrected chi connectivity index (χ4v) is 2.15. The quantitative estimate of drug-likeness (QED) is 0.757. The summed E-state index contributed by atoms with van der Waals surface area (Å²) in [7, 11) is 0. The van der Waals surface area contributed by atoms with E-state index in [1.54, 1.807) is 0 Å². The van der Waals surface area contributed by atoms with Gasteiger partial charge in [0.05, 0.1) is 13.2 Å². The van der Waals surface area contributed by atoms with E-state index in [0.717, 1.165) is 35.5 Å². The van der Waals surface area contributed by atoms with Crippen LogP contribution in [0, 0.1) is 0 Å². The van der Waals surface area contributed by atoms with Gasteiger partial charge in [0, 0.05) is 5.39 Å². The molecule has 2 heterocycles. The first-order valence-electron chi connectivity index (χ1n) is 6.90. The van der Waals surface area contributed by atoms with Crippen LogP contribution >= 0.6 is 0 Å². The van der Waals surface area contributed by atoms with Gasteiger partial charge in [-0.2, -0.15) is 0 Å². The van der Waals surface area contributed by atoms with E-state index in [2.05, 4.69) is 6.07 Å². The molecule has 0 bridgehead atoms. The Morgan fingerprint density at radius 1 is 0.950 bits per heavy atom. The van der Waals surface area contributed by atoms with Gasteiger partial charge in [0.15, 0.2) is 0 Å². The first-order chi connectivity index (χ1) is 9.88. The summed E-state index contributed by atoms with van der Waals surface area (Å²) in [6, 6.07) is 12.1. The summed E-state index contributed by atoms with van der Waals surface area (Å²) in [6.07, 6.45) is 0.547. The summed E-state index contributed by atoms with van der Waals surface area (Å²) in [5.41, 5.74) is 0. The molecule has 2 aromatic rings. The van der Waals surface area contributed by atoms with Gasteiger partial charge < -0.3 is 18.9 Å². The first-order valence-corrected chi connectivity index (χ1v) is 6.90. The fourth-order valence-electron chi connectivity index (χ4n) is 2.15. The van der Waals surface area contributed by atoms with Gasteiger partial charge in [-0.1, -0.05) is 12.1 Å². The Bertz CT molecular complexity index is 617. The Kier molecular flexibility index (Phi) is 2.98. The highest BCUT2D eigenvalue weighted by molar-refractivity contribution is 5.89. The lowest BCUT2D eigenvalue weighted by Crippen LogP contribution is -2.05. The second-order valence-electron chi connectivity index (χ2n) is 5.17. The van der Waals surface area contributed by atoms with Crippen LogP contribution in [0.2, 0.25) is 0 Å². The molecule has 0 amide bonds. The molecule has 2 aromatic carbocycles. The van der Waals surface area contributed by atoms with Crippen molar-refractivity contribution in [3.63, 3.8) is 0 Å². The molecule has 2 saturated heterocycles. The molecule has 2 fully saturated rings. The number of hydrogen-bond acceptors (Lipinski definition) is 4. The maximum Gasteiger partial charge on any atom is 0.127 e. The summed E-state index contributed by atoms with van der Waals surface area (Å²) in [6.45, 7) is 2.87. The van der Waals surface area contributed by atoms with E-state index >= 15 is 0 Å². The van der Waals surface area contributed by atoms with Crippen molar-refractivity contribution >= 4 is 10.8 Å². The molecule has 4 nitrogen and oxygen atoms in total. The Balaban J connectivity index is 1.54. The summed E-state index contributed by atoms with van der Waals surface area (Å²) in [4.78, 5) is 0. The van der Waals surface area contributed by atoms with Crippen LogP contribution in [0.15, 0.2) is 36.4 Å². The zero-order valence-electron chi connectivity index (χ0n) is 11.1. The van der Waals surface area contributed by atoms with Gasteiger partial charge in [0.25, 0.3) is 0 Å². The average Bonchev–Trinajstić information content (AvgIpc) is 3.37. The number of benzene rings is 2. The molecular weight excluding hydrogens is 256 g/mol. The van der Waals surface area contributed by atoms with Crippen molar-refractivity contribution in [1.82, 2.24) is 0 Å². The topological polar surface area (TPSA) is 43.5 Å². The summed E-state index contributed by atoms with van der Waals surface area (Å²) >= 11 is 0. The highest BCUT2D eigenvalue weighted by atomic mass is 16.6. The van der Waals surface area contributed by atoms with Crippen LogP contribution in [0.5, 0.6) is 11.5 Å². The number of epoxide rings is 2. The number of rotatable bonds is 6. The van der Waals surface area contributed by atoms with Gasteiger partial charge in [-0.15, -0.1) is 0 Å². The molecule has 0 radical (unpaired) electrons. The van der Waals surface area contributed by atoms with Crippen molar-refractivity contribution in [2.75, 3.05) is 26.4 Å². The molecule has 104 valence electrons. The predicted molar refractivity (Wildman–Crippen MR) is 74.4 cm³/mol. The maximum atomic E-state index is 5.81. The molecule has 0 saturated carbocycles. The highest BCUT2D eigenvalue weighted by Gasteiger charge is 2.24. The second kappa shape index (κ2) is 4.96. The minimum absolute atomic E-state index is 0.270. The third-order valence-corrected chi connectivity index (χ3v) is 3.48. The zero-order valence-corrected chi connectivity index (χ0v) is 11.1. The van der Waals surface area contributed by atoms with Crippen LogP contribution < -0.4 is 9.47 Å². The molecule has 4 rings (SSSR count). The lowest BCUT2D eigenvalue weighted by molar-refractivity contribution is 0.263. The molecule has 1 unspecified atom stereocenters. The van der Waals surface area contributed by atoms with Crippen LogP contribution in [0.1, 0.15) is 0 Å². The molecule has 2 atom stereocenters. The second-order valence-corrected chi connectivity index (χ2v) is 5.17. The Morgan fingerprint density at radius 2 is 1.70 bits per heavy atom. The number of ether oxygens (including phenoxy) is 4. The van der Waals surface area contributed by atoms with Crippen LogP contribution in [0.25, 0.3) is 10.8 Å². The third kappa shape index (κ3) is 2.71. The standard InChI is InChI=1S/C16H16O4/c1-2-11-6-12(17-7-13-8-18-13)4-5-15(11)16(3-1)20-10-14-9-19-14/h1-6,13-14H,7-10H2/t13-,14?/m1/s1. The van der Waals surface area contributed by atoms with E-state index in [0.29, 0.717) is 13.2 Å². The Morgan fingerprint density at radius 3 is 2.45 bits per heavy atom. The molecule has 2 aliphatic heterocycles. The molecule has 4 heteroatoms. The van der Waals surface area contributed by atoms with Crippen molar-refractivity contribution in [3.8, 4) is 11.5 Å². The van der Waals surface area contributed by atoms with E-state index in [9.17, 15) is 0 Å². The van der Waals surface area contributed by atoms with E-state index in [1.165, 1.54) is 0 Å². The van der Waals surface area contributed by atoms with E-state index in [4.69, 9.17) is 18.9 Å². The van der Waals surface area contributed by atoms with Crippen molar-refractivity contribution in [2.24, 2.45) is 0 Å². The SMILES string of the molecule is c1cc(OCC2CO2)c2ccc(OC[C@@H]3CO3)cc2c1. The van der Waals surface area contributed by atoms with E-state index < -0.39 is 0 Å². The molecule has 0 spiro atoms. The average molecular weight is 272 g/mol. The van der Waals surface area contributed by atoms with Gasteiger partial charge >= 0.3 is 0 Å². The van der Waals surface area contributed by atoms with E-state index in [1.807, 2.05) is 30.3 Å². The minimum atomic E-state index is 0.270. The normalized spacial score (nSPS) is 23.6. The fraction of sp³-hybridized carbons (Fsp3) is 0.375. The van der Waals surface area contributed by atoms with E-state index in [-0.39, 0.29) is 12.2 Å². The molecule has 0 N–H and O–H groups in total. The summed E-state index contributed by atoms with van der Waals surface area (Å²) < 4.78 is 21.8. The highest BCUT2D eigenvalue weighted by Crippen LogP contribution is 2.29. The van der Waals surface area contributed by atoms with Crippen LogP contribution in [-0.2, 0) is 9.47 Å². The maximum absolute atomic E-state index is 5.81. The Hall–Kier alpha value is -1.78. The molecule has 0 aliphatic carbocycles. The molecule has 0 aromatic heterocycles. The van der Waals surface area contributed by atoms with Gasteiger partial charge in [0.1, 0.15) is 36.9 Å². The van der Waals surface area contributed by atoms with Crippen molar-refractivity contribution in [1.29, 1.82) is 0 Å². The Labute approximate surface area is 117 Å². The van der Waals surface area contributed by atoms with Gasteiger partial charge in [0.2, 0.25) is 0 Å². The van der Waals surface area contributed by atoms with Gasteiger partial charge in [-0.05, 0) is 29.7 Å². The van der Waals surface area contributed by atoms with Crippen LogP contribution in [-0.4, -0.2) is 38.6 Å². The van der Waals surface area contributed by atoms with Crippen molar-refractivity contribution in [2.45, 2.75) is 12.2 Å². The molecule has 2 aliphatic rings. The molecule has 20 heavy (non-hydrogen) atoms. The van der Waals surface area contributed by atoms with Gasteiger partial charge in [-0.25, -0.2) is 0 Å². The largest absolute Gasteiger partial charge is 0.491 e. The zero-order chi connectivity index (χ0) is 13.4. The monoisotopic (exact) mass is 272 g/mol. The lowest BCUT2D eigenvalue weighted by atomic mass is 10.1.